The first-order valence-electron chi connectivity index (χ1n) is 12.4. The minimum Gasteiger partial charge on any atom is -0.316 e. The third kappa shape index (κ3) is 5.80. The molecule has 0 spiro atoms. The van der Waals surface area contributed by atoms with Crippen molar-refractivity contribution in [2.75, 3.05) is 11.1 Å². The van der Waals surface area contributed by atoms with Crippen molar-refractivity contribution < 1.29 is 4.79 Å². The average Bonchev–Trinajstić information content (AvgIpc) is 3.42. The molecule has 0 bridgehead atoms. The van der Waals surface area contributed by atoms with Gasteiger partial charge in [0.25, 0.3) is 0 Å². The van der Waals surface area contributed by atoms with Gasteiger partial charge in [-0.1, -0.05) is 62.7 Å². The van der Waals surface area contributed by atoms with E-state index in [9.17, 15) is 10.1 Å². The molecule has 1 aliphatic carbocycles. The van der Waals surface area contributed by atoms with Crippen molar-refractivity contribution in [3.8, 4) is 6.07 Å². The summed E-state index contributed by atoms with van der Waals surface area (Å²) in [5, 5.41) is 23.6. The Morgan fingerprint density at radius 2 is 2.06 bits per heavy atom. The van der Waals surface area contributed by atoms with Gasteiger partial charge in [-0.05, 0) is 60.8 Å². The number of thioether (sulfide) groups is 1. The van der Waals surface area contributed by atoms with Gasteiger partial charge in [-0.15, -0.1) is 21.5 Å². The lowest BCUT2D eigenvalue weighted by atomic mass is 9.69. The van der Waals surface area contributed by atoms with E-state index < -0.39 is 0 Å². The Morgan fingerprint density at radius 3 is 2.72 bits per heavy atom. The van der Waals surface area contributed by atoms with E-state index in [1.54, 1.807) is 11.3 Å². The number of amides is 1. The second kappa shape index (κ2) is 11.4. The monoisotopic (exact) mass is 541 g/mol. The number of thiophene rings is 1. The summed E-state index contributed by atoms with van der Waals surface area (Å²) in [6.07, 6.45) is 4.76. The molecule has 4 rings (SSSR count). The summed E-state index contributed by atoms with van der Waals surface area (Å²) in [4.78, 5) is 14.1. The lowest BCUT2D eigenvalue weighted by Gasteiger charge is -2.36. The number of hydrogen-bond acceptors (Lipinski definition) is 6. The van der Waals surface area contributed by atoms with Gasteiger partial charge in [0, 0.05) is 22.9 Å². The van der Waals surface area contributed by atoms with Crippen molar-refractivity contribution in [2.45, 2.75) is 71.5 Å². The molecule has 190 valence electrons. The first kappa shape index (κ1) is 26.7. The number of carbonyl (C=O) groups is 1. The van der Waals surface area contributed by atoms with Crippen LogP contribution in [0.3, 0.4) is 0 Å². The summed E-state index contributed by atoms with van der Waals surface area (Å²) in [6.45, 7) is 9.66. The molecule has 0 radical (unpaired) electrons. The maximum absolute atomic E-state index is 12.9. The van der Waals surface area contributed by atoms with Crippen molar-refractivity contribution in [3.63, 3.8) is 0 Å². The fourth-order valence-electron chi connectivity index (χ4n) is 4.70. The number of fused-ring (bicyclic) bond motifs is 1. The maximum atomic E-state index is 12.9. The molecular formula is C27H32ClN5OS2. The standard InChI is InChI=1S/C27H32ClN5OS2/c1-5-27(3,4)18-9-12-20-21(15-29)25(36-22(20)14-18)30-24(34)16-35-26-32-31-23(33(26)6-2)13-17-7-10-19(28)11-8-17/h7-8,10-11,18H,5-6,9,12-14,16H2,1-4H3,(H,30,34). The lowest BCUT2D eigenvalue weighted by Crippen LogP contribution is -2.28. The predicted molar refractivity (Wildman–Crippen MR) is 148 cm³/mol. The van der Waals surface area contributed by atoms with E-state index in [1.807, 2.05) is 35.8 Å². The minimum absolute atomic E-state index is 0.134. The van der Waals surface area contributed by atoms with Gasteiger partial charge in [0.2, 0.25) is 5.91 Å². The highest BCUT2D eigenvalue weighted by Crippen LogP contribution is 2.45. The van der Waals surface area contributed by atoms with Crippen LogP contribution >= 0.6 is 34.7 Å². The Balaban J connectivity index is 1.41. The molecule has 2 heterocycles. The van der Waals surface area contributed by atoms with Gasteiger partial charge in [-0.25, -0.2) is 0 Å². The first-order chi connectivity index (χ1) is 17.2. The number of aromatic nitrogens is 3. The molecule has 1 atom stereocenters. The molecule has 1 N–H and O–H groups in total. The topological polar surface area (TPSA) is 83.6 Å². The van der Waals surface area contributed by atoms with Crippen molar-refractivity contribution in [3.05, 3.63) is 56.7 Å². The van der Waals surface area contributed by atoms with Gasteiger partial charge in [0.15, 0.2) is 5.16 Å². The van der Waals surface area contributed by atoms with Crippen LogP contribution in [0.25, 0.3) is 0 Å². The van der Waals surface area contributed by atoms with Crippen LogP contribution in [-0.2, 0) is 30.6 Å². The van der Waals surface area contributed by atoms with E-state index in [1.165, 1.54) is 16.6 Å². The third-order valence-corrected chi connectivity index (χ3v) is 9.75. The zero-order chi connectivity index (χ0) is 25.9. The van der Waals surface area contributed by atoms with Crippen LogP contribution in [-0.4, -0.2) is 26.4 Å². The summed E-state index contributed by atoms with van der Waals surface area (Å²) in [7, 11) is 0. The van der Waals surface area contributed by atoms with Gasteiger partial charge >= 0.3 is 0 Å². The number of nitriles is 1. The van der Waals surface area contributed by atoms with Gasteiger partial charge in [0.05, 0.1) is 11.3 Å². The normalized spacial score (nSPS) is 15.4. The molecule has 0 fully saturated rings. The maximum Gasteiger partial charge on any atom is 0.235 e. The Bertz CT molecular complexity index is 1270. The van der Waals surface area contributed by atoms with Crippen molar-refractivity contribution in [2.24, 2.45) is 11.3 Å². The second-order valence-electron chi connectivity index (χ2n) is 9.88. The molecule has 1 aliphatic rings. The summed E-state index contributed by atoms with van der Waals surface area (Å²) < 4.78 is 2.03. The average molecular weight is 542 g/mol. The van der Waals surface area contributed by atoms with Gasteiger partial charge in [0.1, 0.15) is 16.9 Å². The van der Waals surface area contributed by atoms with Gasteiger partial charge < -0.3 is 9.88 Å². The summed E-state index contributed by atoms with van der Waals surface area (Å²) in [5.41, 5.74) is 3.15. The number of halogens is 1. The second-order valence-corrected chi connectivity index (χ2v) is 12.4. The predicted octanol–water partition coefficient (Wildman–Crippen LogP) is 6.75. The van der Waals surface area contributed by atoms with E-state index >= 15 is 0 Å². The molecule has 0 saturated heterocycles. The molecule has 2 aromatic heterocycles. The zero-order valence-corrected chi connectivity index (χ0v) is 23.6. The fourth-order valence-corrected chi connectivity index (χ4v) is 6.94. The van der Waals surface area contributed by atoms with Crippen LogP contribution in [0.1, 0.15) is 67.9 Å². The molecule has 0 saturated carbocycles. The zero-order valence-electron chi connectivity index (χ0n) is 21.2. The lowest BCUT2D eigenvalue weighted by molar-refractivity contribution is -0.113. The Labute approximate surface area is 226 Å². The molecule has 3 aromatic rings. The summed E-state index contributed by atoms with van der Waals surface area (Å²) >= 11 is 8.93. The molecule has 1 amide bonds. The molecule has 1 aromatic carbocycles. The van der Waals surface area contributed by atoms with E-state index in [4.69, 9.17) is 11.6 Å². The molecule has 36 heavy (non-hydrogen) atoms. The number of benzene rings is 1. The highest BCUT2D eigenvalue weighted by molar-refractivity contribution is 7.99. The van der Waals surface area contributed by atoms with E-state index in [2.05, 4.69) is 42.4 Å². The first-order valence-corrected chi connectivity index (χ1v) is 14.6. The highest BCUT2D eigenvalue weighted by atomic mass is 35.5. The van der Waals surface area contributed by atoms with E-state index in [0.717, 1.165) is 42.6 Å². The summed E-state index contributed by atoms with van der Waals surface area (Å²) in [6, 6.07) is 10.1. The number of anilines is 1. The number of carbonyl (C=O) groups excluding carboxylic acids is 1. The van der Waals surface area contributed by atoms with E-state index in [0.29, 0.717) is 39.6 Å². The van der Waals surface area contributed by atoms with Crippen molar-refractivity contribution >= 4 is 45.6 Å². The van der Waals surface area contributed by atoms with Gasteiger partial charge in [-0.2, -0.15) is 5.26 Å². The van der Waals surface area contributed by atoms with Crippen LogP contribution in [0, 0.1) is 22.7 Å². The Morgan fingerprint density at radius 1 is 1.31 bits per heavy atom. The van der Waals surface area contributed by atoms with Gasteiger partial charge in [-0.3, -0.25) is 4.79 Å². The summed E-state index contributed by atoms with van der Waals surface area (Å²) in [5.74, 6) is 1.52. The minimum atomic E-state index is -0.134. The van der Waals surface area contributed by atoms with Crippen molar-refractivity contribution in [1.29, 1.82) is 5.26 Å². The fraction of sp³-hybridized carbons (Fsp3) is 0.481. The van der Waals surface area contributed by atoms with E-state index in [-0.39, 0.29) is 17.1 Å². The highest BCUT2D eigenvalue weighted by Gasteiger charge is 2.34. The SMILES string of the molecule is CCn1c(Cc2ccc(Cl)cc2)nnc1SCC(=O)Nc1sc2c(c1C#N)CCC(C(C)(C)CC)C2. The quantitative estimate of drug-likeness (QED) is 0.303. The van der Waals surface area contributed by atoms with Crippen LogP contribution < -0.4 is 5.32 Å². The Hall–Kier alpha value is -2.34. The molecule has 1 unspecified atom stereocenters. The molecular weight excluding hydrogens is 510 g/mol. The number of nitrogens with zero attached hydrogens (tertiary/aromatic N) is 4. The molecule has 9 heteroatoms. The van der Waals surface area contributed by atoms with Crippen molar-refractivity contribution in [1.82, 2.24) is 14.8 Å². The Kier molecular flexibility index (Phi) is 8.44. The van der Waals surface area contributed by atoms with Crippen LogP contribution in [0.4, 0.5) is 5.00 Å². The van der Waals surface area contributed by atoms with Crippen LogP contribution in [0.2, 0.25) is 5.02 Å². The largest absolute Gasteiger partial charge is 0.316 e. The van der Waals surface area contributed by atoms with Crippen LogP contribution in [0.15, 0.2) is 29.4 Å². The molecule has 6 nitrogen and oxygen atoms in total. The number of hydrogen-bond donors (Lipinski definition) is 1. The molecule has 0 aliphatic heterocycles. The smallest absolute Gasteiger partial charge is 0.235 e. The third-order valence-electron chi connectivity index (χ3n) is 7.36. The van der Waals surface area contributed by atoms with Crippen LogP contribution in [0.5, 0.6) is 0 Å². The number of rotatable bonds is 9. The number of nitrogens with one attached hydrogen (secondary N) is 1.